The van der Waals surface area contributed by atoms with Gasteiger partial charge < -0.3 is 16.2 Å². The molecular formula is C15H22N2O2. The second-order valence-corrected chi connectivity index (χ2v) is 5.61. The quantitative estimate of drug-likeness (QED) is 0.634. The molecule has 0 amide bonds. The number of esters is 1. The van der Waals surface area contributed by atoms with Gasteiger partial charge in [0.05, 0.1) is 16.9 Å². The van der Waals surface area contributed by atoms with Gasteiger partial charge in [0, 0.05) is 0 Å². The zero-order valence-electron chi connectivity index (χ0n) is 11.6. The maximum absolute atomic E-state index is 12.2. The van der Waals surface area contributed by atoms with Crippen LogP contribution >= 0.6 is 0 Å². The highest BCUT2D eigenvalue weighted by Crippen LogP contribution is 2.28. The number of nitrogens with two attached hydrogens (primary N) is 2. The van der Waals surface area contributed by atoms with E-state index in [9.17, 15) is 4.79 Å². The summed E-state index contributed by atoms with van der Waals surface area (Å²) in [5, 5.41) is 0. The minimum absolute atomic E-state index is 0.0115. The summed E-state index contributed by atoms with van der Waals surface area (Å²) in [4.78, 5) is 12.2. The van der Waals surface area contributed by atoms with Crippen LogP contribution in [0, 0.1) is 12.8 Å². The van der Waals surface area contributed by atoms with Crippen LogP contribution in [0.2, 0.25) is 0 Å². The van der Waals surface area contributed by atoms with Crippen molar-refractivity contribution in [2.45, 2.75) is 45.6 Å². The number of nitrogen functional groups attached to an aromatic ring is 2. The van der Waals surface area contributed by atoms with Crippen LogP contribution in [0.5, 0.6) is 0 Å². The molecule has 0 heterocycles. The van der Waals surface area contributed by atoms with Crippen molar-refractivity contribution in [2.24, 2.45) is 5.92 Å². The fourth-order valence-electron chi connectivity index (χ4n) is 2.69. The van der Waals surface area contributed by atoms with Crippen molar-refractivity contribution in [3.05, 3.63) is 23.3 Å². The molecule has 4 heteroatoms. The molecule has 4 N–H and O–H groups in total. The predicted molar refractivity (Wildman–Crippen MR) is 76.8 cm³/mol. The number of carbonyl (C=O) groups is 1. The maximum atomic E-state index is 12.2. The van der Waals surface area contributed by atoms with Crippen molar-refractivity contribution in [3.8, 4) is 0 Å². The Labute approximate surface area is 114 Å². The largest absolute Gasteiger partial charge is 0.459 e. The number of ether oxygens (including phenoxy) is 1. The minimum atomic E-state index is -0.355. The predicted octanol–water partition coefficient (Wildman–Crippen LogP) is 2.89. The molecule has 2 atom stereocenters. The molecule has 2 rings (SSSR count). The Morgan fingerprint density at radius 3 is 2.74 bits per heavy atom. The van der Waals surface area contributed by atoms with Gasteiger partial charge in [-0.05, 0) is 49.8 Å². The SMILES string of the molecule is Cc1cc(N)c(N)c(C(=O)OC2CCCC(C)C2)c1. The standard InChI is InChI=1S/C15H22N2O2/c1-9-4-3-5-11(6-9)19-15(18)12-7-10(2)8-13(16)14(12)17/h7-9,11H,3-6,16-17H2,1-2H3. The summed E-state index contributed by atoms with van der Waals surface area (Å²) in [6.45, 7) is 4.08. The third kappa shape index (κ3) is 3.19. The molecule has 4 nitrogen and oxygen atoms in total. The Morgan fingerprint density at radius 1 is 1.32 bits per heavy atom. The summed E-state index contributed by atoms with van der Waals surface area (Å²) in [5.41, 5.74) is 13.7. The van der Waals surface area contributed by atoms with E-state index >= 15 is 0 Å². The van der Waals surface area contributed by atoms with E-state index in [1.807, 2.05) is 6.92 Å². The fourth-order valence-corrected chi connectivity index (χ4v) is 2.69. The summed E-state index contributed by atoms with van der Waals surface area (Å²) in [6.07, 6.45) is 4.22. The van der Waals surface area contributed by atoms with Gasteiger partial charge in [-0.1, -0.05) is 13.3 Å². The Balaban J connectivity index is 2.11. The average Bonchev–Trinajstić information content (AvgIpc) is 2.33. The molecule has 0 aliphatic heterocycles. The zero-order valence-corrected chi connectivity index (χ0v) is 11.6. The molecule has 1 aromatic carbocycles. The number of rotatable bonds is 2. The van der Waals surface area contributed by atoms with E-state index in [0.29, 0.717) is 22.9 Å². The average molecular weight is 262 g/mol. The van der Waals surface area contributed by atoms with E-state index in [0.717, 1.165) is 24.8 Å². The lowest BCUT2D eigenvalue weighted by Crippen LogP contribution is -2.25. The maximum Gasteiger partial charge on any atom is 0.340 e. The molecule has 1 fully saturated rings. The number of aryl methyl sites for hydroxylation is 1. The topological polar surface area (TPSA) is 78.3 Å². The first-order valence-electron chi connectivity index (χ1n) is 6.84. The third-order valence-electron chi connectivity index (χ3n) is 3.74. The normalized spacial score (nSPS) is 23.1. The molecule has 104 valence electrons. The number of hydrogen-bond acceptors (Lipinski definition) is 4. The number of carbonyl (C=O) groups excluding carboxylic acids is 1. The highest BCUT2D eigenvalue weighted by atomic mass is 16.5. The van der Waals surface area contributed by atoms with Crippen molar-refractivity contribution in [1.82, 2.24) is 0 Å². The van der Waals surface area contributed by atoms with Crippen LogP contribution in [0.15, 0.2) is 12.1 Å². The van der Waals surface area contributed by atoms with Crippen LogP contribution < -0.4 is 11.5 Å². The van der Waals surface area contributed by atoms with Crippen molar-refractivity contribution < 1.29 is 9.53 Å². The van der Waals surface area contributed by atoms with Crippen molar-refractivity contribution in [3.63, 3.8) is 0 Å². The Hall–Kier alpha value is -1.71. The summed E-state index contributed by atoms with van der Waals surface area (Å²) in [5.74, 6) is 0.262. The lowest BCUT2D eigenvalue weighted by atomic mass is 9.88. The summed E-state index contributed by atoms with van der Waals surface area (Å²) in [6, 6.07) is 3.50. The number of anilines is 2. The van der Waals surface area contributed by atoms with Gasteiger partial charge in [-0.3, -0.25) is 0 Å². The Kier molecular flexibility index (Phi) is 3.98. The van der Waals surface area contributed by atoms with Crippen molar-refractivity contribution >= 4 is 17.3 Å². The second-order valence-electron chi connectivity index (χ2n) is 5.61. The lowest BCUT2D eigenvalue weighted by molar-refractivity contribution is 0.0156. The van der Waals surface area contributed by atoms with E-state index in [1.54, 1.807) is 12.1 Å². The van der Waals surface area contributed by atoms with Crippen LogP contribution in [-0.4, -0.2) is 12.1 Å². The van der Waals surface area contributed by atoms with Gasteiger partial charge in [-0.25, -0.2) is 4.79 Å². The van der Waals surface area contributed by atoms with Crippen LogP contribution in [0.1, 0.15) is 48.5 Å². The van der Waals surface area contributed by atoms with Gasteiger partial charge in [-0.15, -0.1) is 0 Å². The monoisotopic (exact) mass is 262 g/mol. The van der Waals surface area contributed by atoms with E-state index in [2.05, 4.69) is 6.92 Å². The van der Waals surface area contributed by atoms with Crippen molar-refractivity contribution in [1.29, 1.82) is 0 Å². The first-order valence-corrected chi connectivity index (χ1v) is 6.84. The first-order chi connectivity index (χ1) is 8.97. The van der Waals surface area contributed by atoms with Gasteiger partial charge in [0.15, 0.2) is 0 Å². The Bertz CT molecular complexity index is 485. The summed E-state index contributed by atoms with van der Waals surface area (Å²) >= 11 is 0. The molecule has 0 saturated heterocycles. The molecular weight excluding hydrogens is 240 g/mol. The van der Waals surface area contributed by atoms with Crippen LogP contribution in [-0.2, 0) is 4.74 Å². The Morgan fingerprint density at radius 2 is 2.05 bits per heavy atom. The second kappa shape index (κ2) is 5.51. The number of benzene rings is 1. The van der Waals surface area contributed by atoms with Crippen molar-refractivity contribution in [2.75, 3.05) is 11.5 Å². The minimum Gasteiger partial charge on any atom is -0.459 e. The summed E-state index contributed by atoms with van der Waals surface area (Å²) < 4.78 is 5.56. The van der Waals surface area contributed by atoms with Gasteiger partial charge >= 0.3 is 5.97 Å². The molecule has 2 unspecified atom stereocenters. The van der Waals surface area contributed by atoms with Gasteiger partial charge in [-0.2, -0.15) is 0 Å². The van der Waals surface area contributed by atoms with Crippen LogP contribution in [0.25, 0.3) is 0 Å². The van der Waals surface area contributed by atoms with E-state index in [-0.39, 0.29) is 12.1 Å². The van der Waals surface area contributed by atoms with Gasteiger partial charge in [0.1, 0.15) is 6.10 Å². The molecule has 0 aromatic heterocycles. The van der Waals surface area contributed by atoms with Gasteiger partial charge in [0.2, 0.25) is 0 Å². The molecule has 1 aromatic rings. The van der Waals surface area contributed by atoms with E-state index < -0.39 is 0 Å². The van der Waals surface area contributed by atoms with Crippen LogP contribution in [0.3, 0.4) is 0 Å². The zero-order chi connectivity index (χ0) is 14.0. The molecule has 1 saturated carbocycles. The highest BCUT2D eigenvalue weighted by molar-refractivity contribution is 5.98. The van der Waals surface area contributed by atoms with E-state index in [4.69, 9.17) is 16.2 Å². The molecule has 0 radical (unpaired) electrons. The highest BCUT2D eigenvalue weighted by Gasteiger charge is 2.24. The van der Waals surface area contributed by atoms with E-state index in [1.165, 1.54) is 6.42 Å². The third-order valence-corrected chi connectivity index (χ3v) is 3.74. The smallest absolute Gasteiger partial charge is 0.340 e. The van der Waals surface area contributed by atoms with Crippen LogP contribution in [0.4, 0.5) is 11.4 Å². The fraction of sp³-hybridized carbons (Fsp3) is 0.533. The first kappa shape index (κ1) is 13.7. The van der Waals surface area contributed by atoms with Gasteiger partial charge in [0.25, 0.3) is 0 Å². The molecule has 1 aliphatic carbocycles. The molecule has 0 spiro atoms. The summed E-state index contributed by atoms with van der Waals surface area (Å²) in [7, 11) is 0. The number of hydrogen-bond donors (Lipinski definition) is 2. The lowest BCUT2D eigenvalue weighted by Gasteiger charge is -2.26. The molecule has 19 heavy (non-hydrogen) atoms. The molecule has 1 aliphatic rings. The molecule has 0 bridgehead atoms.